The SMILES string of the molecule is O=C(Nc1ccc2nc(-c3ccc4nc(NC(=O)C5CCCCC5)sc4c3)[nH]c2c1)C1CCCCC1. The number of benzene rings is 2. The van der Waals surface area contributed by atoms with Gasteiger partial charge in [0.15, 0.2) is 5.13 Å². The summed E-state index contributed by atoms with van der Waals surface area (Å²) in [4.78, 5) is 38.1. The molecular formula is C28H31N5O2S. The van der Waals surface area contributed by atoms with E-state index < -0.39 is 0 Å². The number of aromatic nitrogens is 3. The van der Waals surface area contributed by atoms with E-state index in [9.17, 15) is 9.59 Å². The molecular weight excluding hydrogens is 470 g/mol. The molecule has 0 atom stereocenters. The summed E-state index contributed by atoms with van der Waals surface area (Å²) in [6.45, 7) is 0. The summed E-state index contributed by atoms with van der Waals surface area (Å²) in [6.07, 6.45) is 10.9. The van der Waals surface area contributed by atoms with Crippen LogP contribution in [-0.4, -0.2) is 26.8 Å². The van der Waals surface area contributed by atoms with Crippen molar-refractivity contribution in [3.63, 3.8) is 0 Å². The highest BCUT2D eigenvalue weighted by Gasteiger charge is 2.23. The first-order valence-corrected chi connectivity index (χ1v) is 14.0. The van der Waals surface area contributed by atoms with E-state index in [1.54, 1.807) is 0 Å². The summed E-state index contributed by atoms with van der Waals surface area (Å²) < 4.78 is 1.01. The molecule has 7 nitrogen and oxygen atoms in total. The van der Waals surface area contributed by atoms with Gasteiger partial charge in [-0.25, -0.2) is 9.97 Å². The standard InChI is InChI=1S/C28H31N5O2S/c34-26(17-7-3-1-4-8-17)29-20-12-14-21-23(16-20)31-25(30-21)19-11-13-22-24(15-19)36-28(32-22)33-27(35)18-9-5-2-6-10-18/h11-18H,1-10H2,(H,29,34)(H,30,31)(H,32,33,35). The van der Waals surface area contributed by atoms with Gasteiger partial charge in [-0.2, -0.15) is 0 Å². The smallest absolute Gasteiger partial charge is 0.229 e. The fourth-order valence-electron chi connectivity index (χ4n) is 5.53. The highest BCUT2D eigenvalue weighted by Crippen LogP contribution is 2.32. The Hall–Kier alpha value is -3.26. The molecule has 3 N–H and O–H groups in total. The van der Waals surface area contributed by atoms with Gasteiger partial charge in [0.25, 0.3) is 0 Å². The number of hydrogen-bond donors (Lipinski definition) is 3. The second kappa shape index (κ2) is 10.0. The minimum atomic E-state index is 0.0950. The molecule has 0 radical (unpaired) electrons. The maximum Gasteiger partial charge on any atom is 0.229 e. The van der Waals surface area contributed by atoms with Crippen LogP contribution < -0.4 is 10.6 Å². The molecule has 6 rings (SSSR count). The van der Waals surface area contributed by atoms with Crippen molar-refractivity contribution >= 4 is 55.2 Å². The van der Waals surface area contributed by atoms with Crippen molar-refractivity contribution < 1.29 is 9.59 Å². The summed E-state index contributed by atoms with van der Waals surface area (Å²) in [7, 11) is 0. The highest BCUT2D eigenvalue weighted by atomic mass is 32.1. The lowest BCUT2D eigenvalue weighted by atomic mass is 9.88. The van der Waals surface area contributed by atoms with Gasteiger partial charge in [0.1, 0.15) is 5.82 Å². The molecule has 2 heterocycles. The summed E-state index contributed by atoms with van der Waals surface area (Å²) >= 11 is 1.50. The maximum atomic E-state index is 12.6. The van der Waals surface area contributed by atoms with Crippen molar-refractivity contribution in [2.24, 2.45) is 11.8 Å². The largest absolute Gasteiger partial charge is 0.338 e. The fraction of sp³-hybridized carbons (Fsp3) is 0.429. The highest BCUT2D eigenvalue weighted by molar-refractivity contribution is 7.22. The van der Waals surface area contributed by atoms with Gasteiger partial charge < -0.3 is 15.6 Å². The lowest BCUT2D eigenvalue weighted by Crippen LogP contribution is -2.24. The molecule has 36 heavy (non-hydrogen) atoms. The lowest BCUT2D eigenvalue weighted by molar-refractivity contribution is -0.121. The zero-order chi connectivity index (χ0) is 24.5. The molecule has 2 aromatic carbocycles. The van der Waals surface area contributed by atoms with Crippen molar-refractivity contribution in [1.82, 2.24) is 15.0 Å². The second-order valence-electron chi connectivity index (χ2n) is 10.2. The molecule has 2 aliphatic rings. The number of hydrogen-bond acceptors (Lipinski definition) is 5. The number of imidazole rings is 1. The van der Waals surface area contributed by atoms with E-state index in [-0.39, 0.29) is 23.7 Å². The molecule has 0 unspecified atom stereocenters. The second-order valence-corrected chi connectivity index (χ2v) is 11.2. The van der Waals surface area contributed by atoms with Gasteiger partial charge in [-0.1, -0.05) is 49.9 Å². The third-order valence-electron chi connectivity index (χ3n) is 7.59. The van der Waals surface area contributed by atoms with Crippen LogP contribution in [0.5, 0.6) is 0 Å². The first kappa shape index (κ1) is 23.2. The number of carbonyl (C=O) groups is 2. The zero-order valence-electron chi connectivity index (χ0n) is 20.3. The Morgan fingerprint density at radius 1 is 0.778 bits per heavy atom. The molecule has 186 valence electrons. The van der Waals surface area contributed by atoms with Crippen LogP contribution >= 0.6 is 11.3 Å². The van der Waals surface area contributed by atoms with Crippen LogP contribution in [0.2, 0.25) is 0 Å². The number of carbonyl (C=O) groups excluding carboxylic acids is 2. The average molecular weight is 502 g/mol. The molecule has 0 saturated heterocycles. The lowest BCUT2D eigenvalue weighted by Gasteiger charge is -2.20. The molecule has 2 amide bonds. The quantitative estimate of drug-likeness (QED) is 0.278. The summed E-state index contributed by atoms with van der Waals surface area (Å²) in [6, 6.07) is 11.8. The van der Waals surface area contributed by atoms with Crippen molar-refractivity contribution in [2.45, 2.75) is 64.2 Å². The van der Waals surface area contributed by atoms with Crippen molar-refractivity contribution in [1.29, 1.82) is 0 Å². The Labute approximate surface area is 214 Å². The molecule has 0 spiro atoms. The first-order valence-electron chi connectivity index (χ1n) is 13.1. The molecule has 2 aromatic heterocycles. The number of thiazole rings is 1. The molecule has 0 bridgehead atoms. The predicted octanol–water partition coefficient (Wildman–Crippen LogP) is 6.88. The van der Waals surface area contributed by atoms with E-state index in [4.69, 9.17) is 4.98 Å². The number of aromatic amines is 1. The molecule has 0 aliphatic heterocycles. The number of amides is 2. The maximum absolute atomic E-state index is 12.6. The summed E-state index contributed by atoms with van der Waals surface area (Å²) in [5, 5.41) is 6.78. The van der Waals surface area contributed by atoms with Crippen LogP contribution in [0.3, 0.4) is 0 Å². The number of fused-ring (bicyclic) bond motifs is 2. The van der Waals surface area contributed by atoms with E-state index in [0.29, 0.717) is 5.13 Å². The third kappa shape index (κ3) is 4.87. The molecule has 2 fully saturated rings. The summed E-state index contributed by atoms with van der Waals surface area (Å²) in [5.41, 5.74) is 4.36. The van der Waals surface area contributed by atoms with Gasteiger partial charge >= 0.3 is 0 Å². The normalized spacial score (nSPS) is 17.4. The Bertz CT molecular complexity index is 1380. The number of anilines is 2. The Morgan fingerprint density at radius 3 is 2.17 bits per heavy atom. The third-order valence-corrected chi connectivity index (χ3v) is 8.53. The predicted molar refractivity (Wildman–Crippen MR) is 145 cm³/mol. The Kier molecular flexibility index (Phi) is 6.44. The van der Waals surface area contributed by atoms with Crippen molar-refractivity contribution in [2.75, 3.05) is 10.6 Å². The van der Waals surface area contributed by atoms with Crippen LogP contribution in [0.15, 0.2) is 36.4 Å². The zero-order valence-corrected chi connectivity index (χ0v) is 21.1. The summed E-state index contributed by atoms with van der Waals surface area (Å²) in [5.74, 6) is 1.21. The van der Waals surface area contributed by atoms with Crippen molar-refractivity contribution in [3.05, 3.63) is 36.4 Å². The van der Waals surface area contributed by atoms with Gasteiger partial charge in [-0.05, 0) is 62.1 Å². The fourth-order valence-corrected chi connectivity index (χ4v) is 6.44. The minimum Gasteiger partial charge on any atom is -0.338 e. The van der Waals surface area contributed by atoms with Crippen LogP contribution in [0.25, 0.3) is 32.6 Å². The topological polar surface area (TPSA) is 99.8 Å². The number of nitrogens with zero attached hydrogens (tertiary/aromatic N) is 2. The molecule has 2 aliphatic carbocycles. The Morgan fingerprint density at radius 2 is 1.44 bits per heavy atom. The molecule has 4 aromatic rings. The van der Waals surface area contributed by atoms with E-state index >= 15 is 0 Å². The minimum absolute atomic E-state index is 0.0950. The average Bonchev–Trinajstić information content (AvgIpc) is 3.52. The van der Waals surface area contributed by atoms with E-state index in [0.717, 1.165) is 89.7 Å². The monoisotopic (exact) mass is 501 g/mol. The van der Waals surface area contributed by atoms with Gasteiger partial charge in [0, 0.05) is 23.1 Å². The van der Waals surface area contributed by atoms with Gasteiger partial charge in [-0.15, -0.1) is 0 Å². The molecule has 8 heteroatoms. The van der Waals surface area contributed by atoms with E-state index in [1.807, 2.05) is 30.3 Å². The Balaban J connectivity index is 1.19. The van der Waals surface area contributed by atoms with Gasteiger partial charge in [0.2, 0.25) is 11.8 Å². The van der Waals surface area contributed by atoms with Crippen LogP contribution in [-0.2, 0) is 9.59 Å². The van der Waals surface area contributed by atoms with Crippen molar-refractivity contribution in [3.8, 4) is 11.4 Å². The van der Waals surface area contributed by atoms with Gasteiger partial charge in [0.05, 0.1) is 21.3 Å². The first-order chi connectivity index (χ1) is 17.6. The number of rotatable bonds is 5. The van der Waals surface area contributed by atoms with Crippen LogP contribution in [0.4, 0.5) is 10.8 Å². The molecule has 2 saturated carbocycles. The van der Waals surface area contributed by atoms with Crippen LogP contribution in [0.1, 0.15) is 64.2 Å². The van der Waals surface area contributed by atoms with E-state index in [1.165, 1.54) is 24.2 Å². The number of nitrogens with one attached hydrogen (secondary N) is 3. The number of H-pyrrole nitrogens is 1. The van der Waals surface area contributed by atoms with Crippen LogP contribution in [0, 0.1) is 11.8 Å². The van der Waals surface area contributed by atoms with Gasteiger partial charge in [-0.3, -0.25) is 9.59 Å². The van der Waals surface area contributed by atoms with E-state index in [2.05, 4.69) is 26.7 Å².